The Bertz CT molecular complexity index is 538. The van der Waals surface area contributed by atoms with Gasteiger partial charge in [0.2, 0.25) is 5.91 Å². The van der Waals surface area contributed by atoms with E-state index in [1.165, 1.54) is 6.33 Å². The van der Waals surface area contributed by atoms with Gasteiger partial charge in [0.05, 0.1) is 11.4 Å². The van der Waals surface area contributed by atoms with Crippen LogP contribution in [-0.4, -0.2) is 26.7 Å². The van der Waals surface area contributed by atoms with Crippen LogP contribution in [0.1, 0.15) is 19.8 Å². The molecule has 0 aliphatic carbocycles. The van der Waals surface area contributed by atoms with E-state index >= 15 is 0 Å². The summed E-state index contributed by atoms with van der Waals surface area (Å²) in [4.78, 5) is 15.8. The largest absolute Gasteiger partial charge is 0.327 e. The molecule has 1 heterocycles. The summed E-state index contributed by atoms with van der Waals surface area (Å²) in [6.07, 6.45) is 4.12. The lowest BCUT2D eigenvalue weighted by molar-refractivity contribution is -0.116. The number of amides is 1. The molecule has 2 rings (SSSR count). The first kappa shape index (κ1) is 13.2. The van der Waals surface area contributed by atoms with E-state index in [1.807, 2.05) is 31.2 Å². The zero-order valence-electron chi connectivity index (χ0n) is 10.8. The Hall–Kier alpha value is -2.21. The van der Waals surface area contributed by atoms with Gasteiger partial charge in [-0.15, -0.1) is 0 Å². The normalized spacial score (nSPS) is 12.1. The summed E-state index contributed by atoms with van der Waals surface area (Å²) in [6.45, 7) is 1.96. The third-order valence-electron chi connectivity index (χ3n) is 2.82. The summed E-state index contributed by atoms with van der Waals surface area (Å²) >= 11 is 0. The maximum Gasteiger partial charge on any atom is 0.225 e. The fraction of sp³-hybridized carbons (Fsp3) is 0.308. The van der Waals surface area contributed by atoms with Crippen molar-refractivity contribution in [1.82, 2.24) is 14.8 Å². The Kier molecular flexibility index (Phi) is 4.25. The number of para-hydroxylation sites is 2. The molecule has 0 bridgehead atoms. The predicted octanol–water partition coefficient (Wildman–Crippen LogP) is 1.33. The van der Waals surface area contributed by atoms with Gasteiger partial charge < -0.3 is 11.1 Å². The van der Waals surface area contributed by atoms with Crippen LogP contribution in [0.2, 0.25) is 0 Å². The highest BCUT2D eigenvalue weighted by Gasteiger charge is 2.11. The van der Waals surface area contributed by atoms with Gasteiger partial charge in [0.15, 0.2) is 0 Å². The van der Waals surface area contributed by atoms with Crippen molar-refractivity contribution in [2.75, 3.05) is 5.32 Å². The van der Waals surface area contributed by atoms with Crippen molar-refractivity contribution < 1.29 is 4.79 Å². The molecule has 3 N–H and O–H groups in total. The van der Waals surface area contributed by atoms with Crippen molar-refractivity contribution in [2.45, 2.75) is 25.8 Å². The minimum absolute atomic E-state index is 0.0954. The number of nitrogens with zero attached hydrogens (tertiary/aromatic N) is 3. The second-order valence-electron chi connectivity index (χ2n) is 4.28. The first-order valence-electron chi connectivity index (χ1n) is 6.20. The van der Waals surface area contributed by atoms with Crippen molar-refractivity contribution in [1.29, 1.82) is 0 Å². The van der Waals surface area contributed by atoms with Gasteiger partial charge in [0, 0.05) is 12.5 Å². The first-order valence-corrected chi connectivity index (χ1v) is 6.20. The third kappa shape index (κ3) is 3.38. The zero-order valence-corrected chi connectivity index (χ0v) is 10.8. The molecule has 0 aliphatic rings. The van der Waals surface area contributed by atoms with Crippen LogP contribution in [0, 0.1) is 0 Å². The summed E-state index contributed by atoms with van der Waals surface area (Å²) in [5, 5.41) is 6.92. The average molecular weight is 259 g/mol. The minimum atomic E-state index is -0.112. The minimum Gasteiger partial charge on any atom is -0.327 e. The number of carbonyl (C=O) groups excluding carboxylic acids is 1. The van der Waals surface area contributed by atoms with Crippen LogP contribution in [0.25, 0.3) is 5.69 Å². The van der Waals surface area contributed by atoms with Gasteiger partial charge in [0.1, 0.15) is 12.7 Å². The molecule has 100 valence electrons. The van der Waals surface area contributed by atoms with Crippen LogP contribution in [0.15, 0.2) is 36.9 Å². The van der Waals surface area contributed by atoms with Crippen LogP contribution in [0.3, 0.4) is 0 Å². The van der Waals surface area contributed by atoms with E-state index in [1.54, 1.807) is 11.0 Å². The van der Waals surface area contributed by atoms with E-state index in [4.69, 9.17) is 5.73 Å². The number of hydrogen-bond donors (Lipinski definition) is 2. The smallest absolute Gasteiger partial charge is 0.225 e. The molecule has 0 radical (unpaired) electrons. The molecule has 2 aromatic rings. The number of nitrogens with one attached hydrogen (secondary N) is 1. The highest BCUT2D eigenvalue weighted by Crippen LogP contribution is 2.18. The fourth-order valence-electron chi connectivity index (χ4n) is 1.70. The quantitative estimate of drug-likeness (QED) is 0.848. The highest BCUT2D eigenvalue weighted by atomic mass is 16.1. The number of rotatable bonds is 5. The van der Waals surface area contributed by atoms with E-state index in [0.717, 1.165) is 12.1 Å². The van der Waals surface area contributed by atoms with E-state index in [2.05, 4.69) is 15.4 Å². The molecule has 0 saturated heterocycles. The lowest BCUT2D eigenvalue weighted by Gasteiger charge is -2.12. The van der Waals surface area contributed by atoms with E-state index in [9.17, 15) is 4.79 Å². The number of benzene rings is 1. The van der Waals surface area contributed by atoms with Gasteiger partial charge in [-0.3, -0.25) is 4.79 Å². The molecular weight excluding hydrogens is 242 g/mol. The van der Waals surface area contributed by atoms with Gasteiger partial charge in [-0.25, -0.2) is 9.67 Å². The molecule has 0 aliphatic heterocycles. The van der Waals surface area contributed by atoms with Gasteiger partial charge in [-0.2, -0.15) is 5.10 Å². The molecule has 19 heavy (non-hydrogen) atoms. The van der Waals surface area contributed by atoms with Crippen LogP contribution in [-0.2, 0) is 4.79 Å². The molecule has 1 aromatic heterocycles. The molecule has 1 atom stereocenters. The number of aromatic nitrogens is 3. The number of anilines is 1. The SMILES string of the molecule is CCC(N)CC(=O)Nc1ccccc1-n1cncn1. The fourth-order valence-corrected chi connectivity index (χ4v) is 1.70. The van der Waals surface area contributed by atoms with E-state index in [-0.39, 0.29) is 11.9 Å². The monoisotopic (exact) mass is 259 g/mol. The van der Waals surface area contributed by atoms with Crippen LogP contribution < -0.4 is 11.1 Å². The second-order valence-corrected chi connectivity index (χ2v) is 4.28. The Balaban J connectivity index is 2.15. The molecule has 1 unspecified atom stereocenters. The average Bonchev–Trinajstić information content (AvgIpc) is 2.93. The molecule has 6 heteroatoms. The number of carbonyl (C=O) groups is 1. The first-order chi connectivity index (χ1) is 9.20. The maximum atomic E-state index is 11.9. The van der Waals surface area contributed by atoms with E-state index in [0.29, 0.717) is 12.1 Å². The van der Waals surface area contributed by atoms with Crippen molar-refractivity contribution in [3.63, 3.8) is 0 Å². The second kappa shape index (κ2) is 6.10. The number of nitrogens with two attached hydrogens (primary N) is 1. The van der Waals surface area contributed by atoms with Crippen molar-refractivity contribution in [3.05, 3.63) is 36.9 Å². The molecule has 6 nitrogen and oxygen atoms in total. The Morgan fingerprint density at radius 3 is 2.95 bits per heavy atom. The van der Waals surface area contributed by atoms with Crippen LogP contribution >= 0.6 is 0 Å². The predicted molar refractivity (Wildman–Crippen MR) is 72.9 cm³/mol. The molecular formula is C13H17N5O. The van der Waals surface area contributed by atoms with Gasteiger partial charge in [0.25, 0.3) is 0 Å². The molecule has 0 spiro atoms. The summed E-state index contributed by atoms with van der Waals surface area (Å²) in [5.74, 6) is -0.0954. The third-order valence-corrected chi connectivity index (χ3v) is 2.82. The Labute approximate surface area is 111 Å². The highest BCUT2D eigenvalue weighted by molar-refractivity contribution is 5.93. The van der Waals surface area contributed by atoms with Crippen LogP contribution in [0.4, 0.5) is 5.69 Å². The molecule has 1 aromatic carbocycles. The lowest BCUT2D eigenvalue weighted by atomic mass is 10.1. The van der Waals surface area contributed by atoms with Crippen LogP contribution in [0.5, 0.6) is 0 Å². The van der Waals surface area contributed by atoms with Gasteiger partial charge in [-0.05, 0) is 18.6 Å². The summed E-state index contributed by atoms with van der Waals surface area (Å²) in [6, 6.07) is 7.31. The summed E-state index contributed by atoms with van der Waals surface area (Å²) in [5.41, 5.74) is 7.24. The van der Waals surface area contributed by atoms with Gasteiger partial charge in [-0.1, -0.05) is 19.1 Å². The van der Waals surface area contributed by atoms with Crippen molar-refractivity contribution in [2.24, 2.45) is 5.73 Å². The van der Waals surface area contributed by atoms with Crippen molar-refractivity contribution >= 4 is 11.6 Å². The topological polar surface area (TPSA) is 85.8 Å². The Morgan fingerprint density at radius 1 is 1.47 bits per heavy atom. The summed E-state index contributed by atoms with van der Waals surface area (Å²) in [7, 11) is 0. The zero-order chi connectivity index (χ0) is 13.7. The maximum absolute atomic E-state index is 11.9. The van der Waals surface area contributed by atoms with Gasteiger partial charge >= 0.3 is 0 Å². The van der Waals surface area contributed by atoms with Crippen molar-refractivity contribution in [3.8, 4) is 5.69 Å². The number of hydrogen-bond acceptors (Lipinski definition) is 4. The Morgan fingerprint density at radius 2 is 2.26 bits per heavy atom. The molecule has 0 saturated carbocycles. The molecule has 1 amide bonds. The standard InChI is InChI=1S/C13H17N5O/c1-2-10(14)7-13(19)17-11-5-3-4-6-12(11)18-9-15-8-16-18/h3-6,8-10H,2,7,14H2,1H3,(H,17,19). The lowest BCUT2D eigenvalue weighted by Crippen LogP contribution is -2.26. The van der Waals surface area contributed by atoms with E-state index < -0.39 is 0 Å². The summed E-state index contributed by atoms with van der Waals surface area (Å²) < 4.78 is 1.61. The molecule has 0 fully saturated rings.